The third-order valence-electron chi connectivity index (χ3n) is 2.85. The van der Waals surface area contributed by atoms with Crippen LogP contribution in [0.5, 0.6) is 0 Å². The maximum atomic E-state index is 5.43. The molecule has 0 saturated heterocycles. The van der Waals surface area contributed by atoms with Crippen molar-refractivity contribution < 1.29 is 0 Å². The van der Waals surface area contributed by atoms with Gasteiger partial charge < -0.3 is 16.4 Å². The van der Waals surface area contributed by atoms with Crippen LogP contribution in [0.2, 0.25) is 0 Å². The van der Waals surface area contributed by atoms with E-state index in [1.54, 1.807) is 12.4 Å². The first-order chi connectivity index (χ1) is 10.1. The van der Waals surface area contributed by atoms with Gasteiger partial charge in [0.05, 0.1) is 0 Å². The molecule has 7 nitrogen and oxygen atoms in total. The van der Waals surface area contributed by atoms with Crippen LogP contribution in [0.25, 0.3) is 0 Å². The largest absolute Gasteiger partial charge is 0.368 e. The minimum Gasteiger partial charge on any atom is -0.368 e. The van der Waals surface area contributed by atoms with Gasteiger partial charge in [-0.3, -0.25) is 0 Å². The van der Waals surface area contributed by atoms with Gasteiger partial charge in [-0.05, 0) is 32.9 Å². The van der Waals surface area contributed by atoms with Crippen LogP contribution in [-0.2, 0) is 6.54 Å². The predicted octanol–water partition coefficient (Wildman–Crippen LogP) is 1.06. The molecule has 4 N–H and O–H groups in total. The van der Waals surface area contributed by atoms with E-state index in [-0.39, 0.29) is 0 Å². The van der Waals surface area contributed by atoms with E-state index in [0.29, 0.717) is 11.9 Å². The Morgan fingerprint density at radius 2 is 1.71 bits per heavy atom. The summed E-state index contributed by atoms with van der Waals surface area (Å²) in [6.45, 7) is 6.39. The van der Waals surface area contributed by atoms with Crippen LogP contribution in [0, 0.1) is 13.8 Å². The average molecular weight is 287 g/mol. The highest BCUT2D eigenvalue weighted by Gasteiger charge is 1.98. The van der Waals surface area contributed by atoms with Crippen molar-refractivity contribution in [3.63, 3.8) is 0 Å². The zero-order valence-corrected chi connectivity index (χ0v) is 12.4. The summed E-state index contributed by atoms with van der Waals surface area (Å²) in [7, 11) is 0. The monoisotopic (exact) mass is 287 g/mol. The lowest BCUT2D eigenvalue weighted by atomic mass is 10.3. The normalized spacial score (nSPS) is 10.6. The molecule has 0 fully saturated rings. The van der Waals surface area contributed by atoms with Gasteiger partial charge in [0.25, 0.3) is 0 Å². The number of nitrogens with zero attached hydrogens (tertiary/aromatic N) is 4. The van der Waals surface area contributed by atoms with E-state index < -0.39 is 0 Å². The van der Waals surface area contributed by atoms with E-state index in [1.807, 2.05) is 19.9 Å². The number of aromatic nitrogens is 4. The second-order valence-corrected chi connectivity index (χ2v) is 4.88. The number of anilines is 2. The van der Waals surface area contributed by atoms with Crippen molar-refractivity contribution in [2.75, 3.05) is 24.1 Å². The van der Waals surface area contributed by atoms with Gasteiger partial charge >= 0.3 is 0 Å². The van der Waals surface area contributed by atoms with Crippen molar-refractivity contribution in [3.8, 4) is 0 Å². The van der Waals surface area contributed by atoms with Gasteiger partial charge in [-0.1, -0.05) is 0 Å². The number of nitrogens with one attached hydrogen (secondary N) is 2. The number of nitrogen functional groups attached to an aromatic ring is 1. The first-order valence-electron chi connectivity index (χ1n) is 6.97. The predicted molar refractivity (Wildman–Crippen MR) is 82.8 cm³/mol. The molecule has 0 amide bonds. The summed E-state index contributed by atoms with van der Waals surface area (Å²) in [6, 6.07) is 1.96. The lowest BCUT2D eigenvalue weighted by Crippen LogP contribution is -2.18. The number of hydrogen-bond donors (Lipinski definition) is 3. The topological polar surface area (TPSA) is 102 Å². The molecule has 0 aliphatic rings. The molecule has 0 aromatic carbocycles. The second kappa shape index (κ2) is 7.49. The van der Waals surface area contributed by atoms with Crippen molar-refractivity contribution in [2.24, 2.45) is 0 Å². The van der Waals surface area contributed by atoms with Gasteiger partial charge in [0, 0.05) is 42.4 Å². The molecule has 112 valence electrons. The van der Waals surface area contributed by atoms with Gasteiger partial charge in [-0.15, -0.1) is 0 Å². The Kier molecular flexibility index (Phi) is 5.39. The van der Waals surface area contributed by atoms with E-state index in [1.165, 1.54) is 0 Å². The number of aryl methyl sites for hydroxylation is 2. The van der Waals surface area contributed by atoms with E-state index in [0.717, 1.165) is 43.0 Å². The molecule has 0 saturated carbocycles. The molecule has 0 atom stereocenters. The lowest BCUT2D eigenvalue weighted by Gasteiger charge is -2.07. The molecule has 7 heteroatoms. The second-order valence-electron chi connectivity index (χ2n) is 4.88. The summed E-state index contributed by atoms with van der Waals surface area (Å²) in [5, 5.41) is 6.56. The summed E-state index contributed by atoms with van der Waals surface area (Å²) < 4.78 is 0. The van der Waals surface area contributed by atoms with Crippen molar-refractivity contribution >= 4 is 11.9 Å². The molecule has 21 heavy (non-hydrogen) atoms. The molecule has 0 aliphatic heterocycles. The molecule has 2 heterocycles. The highest BCUT2D eigenvalue weighted by Crippen LogP contribution is 2.03. The van der Waals surface area contributed by atoms with Gasteiger partial charge in [-0.25, -0.2) is 19.9 Å². The zero-order valence-electron chi connectivity index (χ0n) is 12.4. The quantitative estimate of drug-likeness (QED) is 0.654. The zero-order chi connectivity index (χ0) is 15.1. The molecule has 0 aliphatic carbocycles. The molecule has 0 bridgehead atoms. The third-order valence-corrected chi connectivity index (χ3v) is 2.85. The Morgan fingerprint density at radius 3 is 2.38 bits per heavy atom. The van der Waals surface area contributed by atoms with Gasteiger partial charge in [0.2, 0.25) is 11.9 Å². The van der Waals surface area contributed by atoms with Crippen LogP contribution in [0.3, 0.4) is 0 Å². The van der Waals surface area contributed by atoms with Gasteiger partial charge in [-0.2, -0.15) is 0 Å². The number of nitrogens with two attached hydrogens (primary N) is 1. The smallest absolute Gasteiger partial charge is 0.223 e. The van der Waals surface area contributed by atoms with Crippen LogP contribution in [0.1, 0.15) is 23.4 Å². The summed E-state index contributed by atoms with van der Waals surface area (Å²) in [5.41, 5.74) is 8.41. The standard InChI is InChI=1S/C14H21N7/c1-10-6-11(2)21-14(20-10)17-5-3-4-16-7-12-8-18-13(15)19-9-12/h6,8-9,16H,3-5,7H2,1-2H3,(H2,15,18,19)(H,17,20,21). The van der Waals surface area contributed by atoms with Crippen LogP contribution in [-0.4, -0.2) is 33.0 Å². The molecule has 0 spiro atoms. The molecule has 2 aromatic heterocycles. The fourth-order valence-electron chi connectivity index (χ4n) is 1.91. The highest BCUT2D eigenvalue weighted by atomic mass is 15.1. The Bertz CT molecular complexity index is 548. The Hall–Kier alpha value is -2.28. The van der Waals surface area contributed by atoms with Crippen LogP contribution in [0.4, 0.5) is 11.9 Å². The van der Waals surface area contributed by atoms with Crippen molar-refractivity contribution in [1.82, 2.24) is 25.3 Å². The van der Waals surface area contributed by atoms with Crippen molar-refractivity contribution in [1.29, 1.82) is 0 Å². The summed E-state index contributed by atoms with van der Waals surface area (Å²) >= 11 is 0. The Labute approximate surface area is 124 Å². The highest BCUT2D eigenvalue weighted by molar-refractivity contribution is 5.27. The van der Waals surface area contributed by atoms with E-state index in [2.05, 4.69) is 30.6 Å². The fraction of sp³-hybridized carbons (Fsp3) is 0.429. The van der Waals surface area contributed by atoms with E-state index >= 15 is 0 Å². The van der Waals surface area contributed by atoms with E-state index in [9.17, 15) is 0 Å². The molecule has 2 rings (SSSR count). The lowest BCUT2D eigenvalue weighted by molar-refractivity contribution is 0.659. The van der Waals surface area contributed by atoms with Crippen LogP contribution >= 0.6 is 0 Å². The molecular weight excluding hydrogens is 266 g/mol. The maximum absolute atomic E-state index is 5.43. The molecule has 2 aromatic rings. The first kappa shape index (κ1) is 15.1. The fourth-order valence-corrected chi connectivity index (χ4v) is 1.91. The maximum Gasteiger partial charge on any atom is 0.223 e. The number of hydrogen-bond acceptors (Lipinski definition) is 7. The summed E-state index contributed by atoms with van der Waals surface area (Å²) in [6.07, 6.45) is 4.44. The summed E-state index contributed by atoms with van der Waals surface area (Å²) in [4.78, 5) is 16.6. The molecule has 0 radical (unpaired) electrons. The average Bonchev–Trinajstić information content (AvgIpc) is 2.43. The van der Waals surface area contributed by atoms with Gasteiger partial charge in [0.1, 0.15) is 0 Å². The summed E-state index contributed by atoms with van der Waals surface area (Å²) in [5.74, 6) is 0.996. The molecular formula is C14H21N7. The van der Waals surface area contributed by atoms with Crippen molar-refractivity contribution in [2.45, 2.75) is 26.8 Å². The SMILES string of the molecule is Cc1cc(C)nc(NCCCNCc2cnc(N)nc2)n1. The van der Waals surface area contributed by atoms with Gasteiger partial charge in [0.15, 0.2) is 0 Å². The minimum absolute atomic E-state index is 0.302. The Balaban J connectivity index is 1.62. The van der Waals surface area contributed by atoms with E-state index in [4.69, 9.17) is 5.73 Å². The van der Waals surface area contributed by atoms with Crippen molar-refractivity contribution in [3.05, 3.63) is 35.4 Å². The number of rotatable bonds is 7. The minimum atomic E-state index is 0.302. The van der Waals surface area contributed by atoms with Crippen LogP contribution < -0.4 is 16.4 Å². The van der Waals surface area contributed by atoms with Crippen LogP contribution in [0.15, 0.2) is 18.5 Å². The first-order valence-corrected chi connectivity index (χ1v) is 6.97. The molecule has 0 unspecified atom stereocenters. The Morgan fingerprint density at radius 1 is 1.05 bits per heavy atom. The third kappa shape index (κ3) is 5.31.